The summed E-state index contributed by atoms with van der Waals surface area (Å²) in [7, 11) is 0. The first kappa shape index (κ1) is 18.9. The zero-order chi connectivity index (χ0) is 20.4. The van der Waals surface area contributed by atoms with E-state index in [1.165, 1.54) is 5.39 Å². The molecule has 0 aliphatic heterocycles. The average Bonchev–Trinajstić information content (AvgIpc) is 2.97. The molecule has 0 saturated carbocycles. The van der Waals surface area contributed by atoms with E-state index in [1.54, 1.807) is 0 Å². The third-order valence-electron chi connectivity index (χ3n) is 5.33. The highest BCUT2D eigenvalue weighted by Gasteiger charge is 2.24. The molecule has 0 N–H and O–H groups in total. The number of rotatable bonds is 1. The molecule has 0 saturated heterocycles. The largest absolute Gasteiger partial charge is 0.297 e. The van der Waals surface area contributed by atoms with Gasteiger partial charge in [0.1, 0.15) is 5.65 Å². The maximum Gasteiger partial charge on any atom is 0.147 e. The van der Waals surface area contributed by atoms with Gasteiger partial charge in [-0.05, 0) is 29.5 Å². The van der Waals surface area contributed by atoms with E-state index in [-0.39, 0.29) is 10.8 Å². The summed E-state index contributed by atoms with van der Waals surface area (Å²) in [5.41, 5.74) is 6.33. The van der Waals surface area contributed by atoms with Crippen molar-refractivity contribution in [3.05, 3.63) is 47.7 Å². The second-order valence-corrected chi connectivity index (χ2v) is 10.2. The third kappa shape index (κ3) is 2.86. The van der Waals surface area contributed by atoms with E-state index in [1.807, 2.05) is 12.3 Å². The Morgan fingerprint density at radius 2 is 1.64 bits per heavy atom. The highest BCUT2D eigenvalue weighted by atomic mass is 15.0. The summed E-state index contributed by atoms with van der Waals surface area (Å²) in [6, 6.07) is 6.44. The second-order valence-electron chi connectivity index (χ2n) is 10.2. The van der Waals surface area contributed by atoms with Gasteiger partial charge >= 0.3 is 0 Å². The van der Waals surface area contributed by atoms with E-state index in [4.69, 9.17) is 15.0 Å². The van der Waals surface area contributed by atoms with Crippen LogP contribution < -0.4 is 0 Å². The van der Waals surface area contributed by atoms with E-state index in [2.05, 4.69) is 78.1 Å². The first-order chi connectivity index (χ1) is 13.0. The van der Waals surface area contributed by atoms with Crippen molar-refractivity contribution < 1.29 is 0 Å². The highest BCUT2D eigenvalue weighted by Crippen LogP contribution is 2.35. The summed E-state index contributed by atoms with van der Waals surface area (Å²) < 4.78 is 2.20. The van der Waals surface area contributed by atoms with Crippen molar-refractivity contribution in [1.29, 1.82) is 0 Å². The predicted octanol–water partition coefficient (Wildman–Crippen LogP) is 6.15. The van der Waals surface area contributed by atoms with E-state index < -0.39 is 0 Å². The molecule has 4 aromatic rings. The molecule has 0 fully saturated rings. The maximum atomic E-state index is 5.09. The molecule has 0 spiro atoms. The molecule has 0 amide bonds. The lowest BCUT2D eigenvalue weighted by molar-refractivity contribution is 0.565. The molecule has 4 heteroatoms. The quantitative estimate of drug-likeness (QED) is 0.401. The normalized spacial score (nSPS) is 13.3. The molecule has 0 radical (unpaired) electrons. The van der Waals surface area contributed by atoms with Gasteiger partial charge in [0.05, 0.1) is 22.4 Å². The van der Waals surface area contributed by atoms with E-state index in [0.717, 1.165) is 39.1 Å². The van der Waals surface area contributed by atoms with Crippen LogP contribution in [0, 0.1) is 0 Å². The second kappa shape index (κ2) is 6.00. The maximum absolute atomic E-state index is 5.09. The van der Waals surface area contributed by atoms with Crippen molar-refractivity contribution in [3.8, 4) is 0 Å². The monoisotopic (exact) mass is 374 g/mol. The molecule has 4 heterocycles. The Bertz CT molecular complexity index is 1200. The summed E-state index contributed by atoms with van der Waals surface area (Å²) in [6.45, 7) is 17.7. The van der Waals surface area contributed by atoms with Crippen molar-refractivity contribution in [1.82, 2.24) is 19.4 Å². The minimum atomic E-state index is -0.0559. The summed E-state index contributed by atoms with van der Waals surface area (Å²) in [5, 5.41) is 2.36. The Kier molecular flexibility index (Phi) is 4.04. The van der Waals surface area contributed by atoms with E-state index >= 15 is 0 Å². The van der Waals surface area contributed by atoms with Crippen LogP contribution in [-0.2, 0) is 10.8 Å². The molecule has 4 aromatic heterocycles. The first-order valence-corrected chi connectivity index (χ1v) is 10.1. The van der Waals surface area contributed by atoms with Gasteiger partial charge in [0.25, 0.3) is 0 Å². The van der Waals surface area contributed by atoms with Gasteiger partial charge in [0, 0.05) is 34.3 Å². The smallest absolute Gasteiger partial charge is 0.147 e. The summed E-state index contributed by atoms with van der Waals surface area (Å²) >= 11 is 0. The molecule has 28 heavy (non-hydrogen) atoms. The van der Waals surface area contributed by atoms with Crippen molar-refractivity contribution in [2.75, 3.05) is 0 Å². The number of imidazole rings is 1. The Labute approximate surface area is 167 Å². The molecule has 4 nitrogen and oxygen atoms in total. The molecule has 0 atom stereocenters. The number of aromatic nitrogens is 4. The van der Waals surface area contributed by atoms with Gasteiger partial charge in [0.15, 0.2) is 0 Å². The van der Waals surface area contributed by atoms with E-state index in [9.17, 15) is 0 Å². The number of nitrogens with zero attached hydrogens (tertiary/aromatic N) is 4. The topological polar surface area (TPSA) is 43.1 Å². The lowest BCUT2D eigenvalue weighted by Gasteiger charge is -2.21. The van der Waals surface area contributed by atoms with Crippen LogP contribution in [0.5, 0.6) is 0 Å². The minimum absolute atomic E-state index is 0.00736. The Morgan fingerprint density at radius 1 is 0.929 bits per heavy atom. The summed E-state index contributed by atoms with van der Waals surface area (Å²) in [5.74, 6) is 0.316. The van der Waals surface area contributed by atoms with Crippen LogP contribution in [0.3, 0.4) is 0 Å². The molecule has 4 rings (SSSR count). The van der Waals surface area contributed by atoms with Crippen LogP contribution in [0.15, 0.2) is 30.6 Å². The Hall–Kier alpha value is -2.49. The van der Waals surface area contributed by atoms with Crippen LogP contribution >= 0.6 is 0 Å². The van der Waals surface area contributed by atoms with Crippen molar-refractivity contribution >= 4 is 27.5 Å². The molecule has 0 aromatic carbocycles. The van der Waals surface area contributed by atoms with Crippen LogP contribution in [0.2, 0.25) is 0 Å². The zero-order valence-corrected chi connectivity index (χ0v) is 18.3. The van der Waals surface area contributed by atoms with Crippen LogP contribution in [0.1, 0.15) is 78.4 Å². The summed E-state index contributed by atoms with van der Waals surface area (Å²) in [6.07, 6.45) is 4.01. The molecular weight excluding hydrogens is 344 g/mol. The van der Waals surface area contributed by atoms with Crippen molar-refractivity contribution in [3.63, 3.8) is 0 Å². The Morgan fingerprint density at radius 3 is 2.25 bits per heavy atom. The fraction of sp³-hybridized carbons (Fsp3) is 0.458. The molecular formula is C24H30N4. The van der Waals surface area contributed by atoms with Gasteiger partial charge in [0.2, 0.25) is 0 Å². The van der Waals surface area contributed by atoms with Gasteiger partial charge in [-0.3, -0.25) is 14.4 Å². The standard InChI is InChI=1S/C24H30N4/c1-14(2)19-18-15(13-17(27-19)23(3,4)5)10-12-28-20-16(26-22(18)28)9-11-25-21(20)24(6,7)8/h9-14H,1-8H3. The van der Waals surface area contributed by atoms with Crippen molar-refractivity contribution in [2.24, 2.45) is 0 Å². The minimum Gasteiger partial charge on any atom is -0.297 e. The van der Waals surface area contributed by atoms with E-state index in [0.29, 0.717) is 5.92 Å². The Balaban J connectivity index is 2.19. The fourth-order valence-electron chi connectivity index (χ4n) is 3.83. The average molecular weight is 375 g/mol. The number of fused-ring (bicyclic) bond motifs is 5. The van der Waals surface area contributed by atoms with Gasteiger partial charge in [-0.2, -0.15) is 0 Å². The number of hydrogen-bond donors (Lipinski definition) is 0. The molecule has 146 valence electrons. The SMILES string of the molecule is CC(C)c1nc(C(C)(C)C)cc2ccn3c(nc4ccnc(C(C)(C)C)c43)c12. The first-order valence-electron chi connectivity index (χ1n) is 10.1. The van der Waals surface area contributed by atoms with Crippen LogP contribution in [-0.4, -0.2) is 19.4 Å². The fourth-order valence-corrected chi connectivity index (χ4v) is 3.83. The third-order valence-corrected chi connectivity index (χ3v) is 5.33. The molecule has 0 unspecified atom stereocenters. The van der Waals surface area contributed by atoms with Gasteiger partial charge < -0.3 is 0 Å². The lowest BCUT2D eigenvalue weighted by Crippen LogP contribution is -2.15. The number of pyridine rings is 3. The predicted molar refractivity (Wildman–Crippen MR) is 117 cm³/mol. The highest BCUT2D eigenvalue weighted by molar-refractivity contribution is 6.00. The van der Waals surface area contributed by atoms with Crippen LogP contribution in [0.25, 0.3) is 27.5 Å². The lowest BCUT2D eigenvalue weighted by atomic mass is 9.89. The molecule has 0 aliphatic carbocycles. The van der Waals surface area contributed by atoms with Gasteiger partial charge in [-0.15, -0.1) is 0 Å². The van der Waals surface area contributed by atoms with Gasteiger partial charge in [-0.1, -0.05) is 55.4 Å². The molecule has 0 bridgehead atoms. The summed E-state index contributed by atoms with van der Waals surface area (Å²) in [4.78, 5) is 14.8. The van der Waals surface area contributed by atoms with Crippen molar-refractivity contribution in [2.45, 2.75) is 72.1 Å². The van der Waals surface area contributed by atoms with Crippen LogP contribution in [0.4, 0.5) is 0 Å². The number of hydrogen-bond acceptors (Lipinski definition) is 3. The van der Waals surface area contributed by atoms with Gasteiger partial charge in [-0.25, -0.2) is 4.98 Å². The zero-order valence-electron chi connectivity index (χ0n) is 18.3. The molecule has 0 aliphatic rings.